The molecule has 0 bridgehead atoms. The van der Waals surface area contributed by atoms with Crippen LogP contribution in [0.1, 0.15) is 22.4 Å². The Morgan fingerprint density at radius 2 is 2.27 bits per heavy atom. The SMILES string of the molecule is Cc1csc2c1CCC(=O)C2. The summed E-state index contributed by atoms with van der Waals surface area (Å²) in [6.07, 6.45) is 2.42. The second-order valence-corrected chi connectivity index (χ2v) is 4.00. The van der Waals surface area contributed by atoms with E-state index in [9.17, 15) is 4.79 Å². The first-order valence-electron chi connectivity index (χ1n) is 3.85. The van der Waals surface area contributed by atoms with Crippen LogP contribution in [0.4, 0.5) is 0 Å². The van der Waals surface area contributed by atoms with E-state index in [-0.39, 0.29) is 0 Å². The zero-order valence-electron chi connectivity index (χ0n) is 6.52. The number of ketones is 1. The number of thiophene rings is 1. The van der Waals surface area contributed by atoms with Crippen LogP contribution in [0.25, 0.3) is 0 Å². The fourth-order valence-electron chi connectivity index (χ4n) is 1.54. The summed E-state index contributed by atoms with van der Waals surface area (Å²) < 4.78 is 0. The molecule has 1 aromatic rings. The van der Waals surface area contributed by atoms with Crippen molar-refractivity contribution in [1.29, 1.82) is 0 Å². The molecule has 1 heterocycles. The molecule has 0 unspecified atom stereocenters. The van der Waals surface area contributed by atoms with Gasteiger partial charge in [-0.2, -0.15) is 0 Å². The number of carbonyl (C=O) groups excluding carboxylic acids is 1. The molecule has 0 radical (unpaired) electrons. The summed E-state index contributed by atoms with van der Waals surface area (Å²) in [5, 5.41) is 2.16. The highest BCUT2D eigenvalue weighted by atomic mass is 32.1. The first-order chi connectivity index (χ1) is 5.27. The molecule has 0 saturated carbocycles. The quantitative estimate of drug-likeness (QED) is 0.577. The predicted molar refractivity (Wildman–Crippen MR) is 46.1 cm³/mol. The summed E-state index contributed by atoms with van der Waals surface area (Å²) in [6.45, 7) is 2.13. The van der Waals surface area contributed by atoms with E-state index in [1.165, 1.54) is 16.0 Å². The molecular formula is C9H10OS. The Balaban J connectivity index is 2.44. The minimum absolute atomic E-state index is 0.402. The Morgan fingerprint density at radius 1 is 1.45 bits per heavy atom. The monoisotopic (exact) mass is 166 g/mol. The maximum atomic E-state index is 11.0. The van der Waals surface area contributed by atoms with E-state index in [1.54, 1.807) is 11.3 Å². The number of rotatable bonds is 0. The maximum Gasteiger partial charge on any atom is 0.138 e. The largest absolute Gasteiger partial charge is 0.299 e. The van der Waals surface area contributed by atoms with Crippen LogP contribution >= 0.6 is 11.3 Å². The first-order valence-corrected chi connectivity index (χ1v) is 4.73. The van der Waals surface area contributed by atoms with Gasteiger partial charge in [-0.3, -0.25) is 4.79 Å². The van der Waals surface area contributed by atoms with Gasteiger partial charge < -0.3 is 0 Å². The van der Waals surface area contributed by atoms with Crippen LogP contribution in [0.3, 0.4) is 0 Å². The summed E-state index contributed by atoms with van der Waals surface area (Å²) in [7, 11) is 0. The fraction of sp³-hybridized carbons (Fsp3) is 0.444. The maximum absolute atomic E-state index is 11.0. The van der Waals surface area contributed by atoms with Crippen LogP contribution in [0.5, 0.6) is 0 Å². The van der Waals surface area contributed by atoms with E-state index in [4.69, 9.17) is 0 Å². The molecule has 11 heavy (non-hydrogen) atoms. The second kappa shape index (κ2) is 2.45. The summed E-state index contributed by atoms with van der Waals surface area (Å²) in [6, 6.07) is 0. The summed E-state index contributed by atoms with van der Waals surface area (Å²) in [4.78, 5) is 12.3. The lowest BCUT2D eigenvalue weighted by Gasteiger charge is -2.09. The van der Waals surface area contributed by atoms with Crippen molar-refractivity contribution in [2.24, 2.45) is 0 Å². The van der Waals surface area contributed by atoms with Gasteiger partial charge in [0.25, 0.3) is 0 Å². The van der Waals surface area contributed by atoms with Crippen molar-refractivity contribution < 1.29 is 4.79 Å². The summed E-state index contributed by atoms with van der Waals surface area (Å²) in [5.41, 5.74) is 2.81. The average Bonchev–Trinajstić information content (AvgIpc) is 2.32. The third kappa shape index (κ3) is 1.11. The van der Waals surface area contributed by atoms with Crippen LogP contribution in [0.15, 0.2) is 5.38 Å². The highest BCUT2D eigenvalue weighted by Gasteiger charge is 2.18. The lowest BCUT2D eigenvalue weighted by Crippen LogP contribution is -2.11. The number of fused-ring (bicyclic) bond motifs is 1. The summed E-state index contributed by atoms with van der Waals surface area (Å²) >= 11 is 1.73. The molecule has 1 aliphatic carbocycles. The molecule has 0 atom stereocenters. The molecular weight excluding hydrogens is 156 g/mol. The van der Waals surface area contributed by atoms with Gasteiger partial charge in [0.2, 0.25) is 0 Å². The smallest absolute Gasteiger partial charge is 0.138 e. The Hall–Kier alpha value is -0.630. The Kier molecular flexibility index (Phi) is 1.57. The van der Waals surface area contributed by atoms with Crippen LogP contribution in [-0.4, -0.2) is 5.78 Å². The highest BCUT2D eigenvalue weighted by molar-refractivity contribution is 7.10. The van der Waals surface area contributed by atoms with Gasteiger partial charge >= 0.3 is 0 Å². The molecule has 0 N–H and O–H groups in total. The molecule has 2 heteroatoms. The fourth-order valence-corrected chi connectivity index (χ4v) is 2.65. The number of Topliss-reactive ketones (excluding diaryl/α,β-unsaturated/α-hetero) is 1. The van der Waals surface area contributed by atoms with Gasteiger partial charge in [0, 0.05) is 17.7 Å². The standard InChI is InChI=1S/C9H10OS/c1-6-5-11-9-4-7(10)2-3-8(6)9/h5H,2-4H2,1H3. The van der Waals surface area contributed by atoms with Crippen molar-refractivity contribution in [2.45, 2.75) is 26.2 Å². The van der Waals surface area contributed by atoms with Crippen molar-refractivity contribution in [3.63, 3.8) is 0 Å². The van der Waals surface area contributed by atoms with E-state index < -0.39 is 0 Å². The van der Waals surface area contributed by atoms with Gasteiger partial charge in [-0.1, -0.05) is 0 Å². The van der Waals surface area contributed by atoms with Crippen LogP contribution in [0.2, 0.25) is 0 Å². The molecule has 0 aliphatic heterocycles. The molecule has 58 valence electrons. The molecule has 2 rings (SSSR count). The topological polar surface area (TPSA) is 17.1 Å². The van der Waals surface area contributed by atoms with Crippen molar-refractivity contribution in [3.8, 4) is 0 Å². The third-order valence-corrected chi connectivity index (χ3v) is 3.35. The number of carbonyl (C=O) groups is 1. The van der Waals surface area contributed by atoms with E-state index >= 15 is 0 Å². The van der Waals surface area contributed by atoms with Crippen molar-refractivity contribution >= 4 is 17.1 Å². The predicted octanol–water partition coefficient (Wildman–Crippen LogP) is 2.11. The lowest BCUT2D eigenvalue weighted by molar-refractivity contribution is -0.118. The zero-order chi connectivity index (χ0) is 7.84. The number of aryl methyl sites for hydroxylation is 1. The molecule has 0 amide bonds. The van der Waals surface area contributed by atoms with E-state index in [0.29, 0.717) is 12.2 Å². The van der Waals surface area contributed by atoms with Gasteiger partial charge in [-0.15, -0.1) is 11.3 Å². The highest BCUT2D eigenvalue weighted by Crippen LogP contribution is 2.27. The Morgan fingerprint density at radius 3 is 3.09 bits per heavy atom. The third-order valence-electron chi connectivity index (χ3n) is 2.20. The van der Waals surface area contributed by atoms with Gasteiger partial charge in [0.1, 0.15) is 5.78 Å². The molecule has 1 aromatic heterocycles. The van der Waals surface area contributed by atoms with Crippen molar-refractivity contribution in [2.75, 3.05) is 0 Å². The number of hydrogen-bond acceptors (Lipinski definition) is 2. The van der Waals surface area contributed by atoms with E-state index in [2.05, 4.69) is 12.3 Å². The molecule has 1 aliphatic rings. The van der Waals surface area contributed by atoms with Crippen LogP contribution in [0, 0.1) is 6.92 Å². The van der Waals surface area contributed by atoms with Gasteiger partial charge in [-0.25, -0.2) is 0 Å². The second-order valence-electron chi connectivity index (χ2n) is 3.04. The normalized spacial score (nSPS) is 16.6. The number of hydrogen-bond donors (Lipinski definition) is 0. The zero-order valence-corrected chi connectivity index (χ0v) is 7.33. The van der Waals surface area contributed by atoms with Crippen molar-refractivity contribution in [1.82, 2.24) is 0 Å². The van der Waals surface area contributed by atoms with Gasteiger partial charge in [0.05, 0.1) is 0 Å². The van der Waals surface area contributed by atoms with Crippen molar-refractivity contribution in [3.05, 3.63) is 21.4 Å². The average molecular weight is 166 g/mol. The van der Waals surface area contributed by atoms with Gasteiger partial charge in [-0.05, 0) is 29.9 Å². The molecule has 0 aromatic carbocycles. The molecule has 0 fully saturated rings. The van der Waals surface area contributed by atoms with Crippen LogP contribution in [-0.2, 0) is 17.6 Å². The lowest BCUT2D eigenvalue weighted by atomic mass is 9.96. The Labute approximate surface area is 70.1 Å². The molecule has 0 saturated heterocycles. The minimum atomic E-state index is 0.402. The molecule has 0 spiro atoms. The van der Waals surface area contributed by atoms with Gasteiger partial charge in [0.15, 0.2) is 0 Å². The Bertz CT molecular complexity index is 299. The summed E-state index contributed by atoms with van der Waals surface area (Å²) in [5.74, 6) is 0.402. The minimum Gasteiger partial charge on any atom is -0.299 e. The molecule has 1 nitrogen and oxygen atoms in total. The van der Waals surface area contributed by atoms with Crippen LogP contribution < -0.4 is 0 Å². The van der Waals surface area contributed by atoms with E-state index in [1.807, 2.05) is 0 Å². The van der Waals surface area contributed by atoms with E-state index in [0.717, 1.165) is 12.8 Å². The first kappa shape index (κ1) is 7.04.